The molecule has 112 valence electrons. The first kappa shape index (κ1) is 15.1. The van der Waals surface area contributed by atoms with Crippen molar-refractivity contribution in [2.24, 2.45) is 0 Å². The lowest BCUT2D eigenvalue weighted by molar-refractivity contribution is -0.127. The monoisotopic (exact) mass is 288 g/mol. The third-order valence-electron chi connectivity index (χ3n) is 3.39. The number of nitrogens with one attached hydrogen (secondary N) is 1. The minimum absolute atomic E-state index is 0.0268. The molecule has 2 amide bonds. The number of likely N-dealkylation sites (tertiary alicyclic amines) is 1. The van der Waals surface area contributed by atoms with Gasteiger partial charge in [0.05, 0.1) is 0 Å². The van der Waals surface area contributed by atoms with E-state index in [-0.39, 0.29) is 17.9 Å². The molecule has 1 aliphatic rings. The number of piperidine rings is 1. The molecule has 0 radical (unpaired) electrons. The lowest BCUT2D eigenvalue weighted by Crippen LogP contribution is -2.41. The van der Waals surface area contributed by atoms with Gasteiger partial charge in [-0.3, -0.25) is 9.59 Å². The molecule has 5 heteroatoms. The highest BCUT2D eigenvalue weighted by Gasteiger charge is 2.22. The van der Waals surface area contributed by atoms with E-state index in [9.17, 15) is 9.59 Å². The highest BCUT2D eigenvalue weighted by atomic mass is 16.5. The molecule has 1 fully saturated rings. The van der Waals surface area contributed by atoms with Crippen LogP contribution >= 0.6 is 0 Å². The maximum Gasteiger partial charge on any atom is 0.245 e. The van der Waals surface area contributed by atoms with Crippen LogP contribution in [0.3, 0.4) is 0 Å². The Morgan fingerprint density at radius 2 is 2.10 bits per heavy atom. The average molecular weight is 288 g/mol. The third kappa shape index (κ3) is 4.34. The molecule has 0 saturated carbocycles. The summed E-state index contributed by atoms with van der Waals surface area (Å²) < 4.78 is 5.92. The fourth-order valence-electron chi connectivity index (χ4n) is 2.37. The molecule has 0 aliphatic carbocycles. The van der Waals surface area contributed by atoms with E-state index < -0.39 is 0 Å². The first-order valence-corrected chi connectivity index (χ1v) is 7.04. The Hall–Kier alpha value is -2.30. The molecule has 0 atom stereocenters. The van der Waals surface area contributed by atoms with E-state index in [1.54, 1.807) is 4.90 Å². The number of carbonyl (C=O) groups is 2. The summed E-state index contributed by atoms with van der Waals surface area (Å²) in [6.07, 6.45) is 3.03. The highest BCUT2D eigenvalue weighted by Crippen LogP contribution is 2.22. The van der Waals surface area contributed by atoms with Gasteiger partial charge in [0.1, 0.15) is 11.9 Å². The Morgan fingerprint density at radius 1 is 1.38 bits per heavy atom. The fourth-order valence-corrected chi connectivity index (χ4v) is 2.37. The zero-order valence-electron chi connectivity index (χ0n) is 12.2. The summed E-state index contributed by atoms with van der Waals surface area (Å²) in [4.78, 5) is 24.3. The number of amides is 2. The maximum absolute atomic E-state index is 11.5. The van der Waals surface area contributed by atoms with E-state index in [4.69, 9.17) is 4.74 Å². The summed E-state index contributed by atoms with van der Waals surface area (Å²) >= 11 is 0. The van der Waals surface area contributed by atoms with Crippen LogP contribution in [0.4, 0.5) is 5.69 Å². The van der Waals surface area contributed by atoms with Gasteiger partial charge in [0, 0.05) is 44.6 Å². The number of rotatable bonds is 4. The molecule has 1 saturated heterocycles. The van der Waals surface area contributed by atoms with Crippen molar-refractivity contribution in [1.29, 1.82) is 0 Å². The minimum atomic E-state index is -0.108. The zero-order chi connectivity index (χ0) is 15.2. The Bertz CT molecular complexity index is 534. The summed E-state index contributed by atoms with van der Waals surface area (Å²) in [5, 5.41) is 2.73. The Morgan fingerprint density at radius 3 is 2.71 bits per heavy atom. The van der Waals surface area contributed by atoms with Crippen molar-refractivity contribution in [3.63, 3.8) is 0 Å². The molecule has 21 heavy (non-hydrogen) atoms. The van der Waals surface area contributed by atoms with Crippen LogP contribution in [0, 0.1) is 0 Å². The van der Waals surface area contributed by atoms with Crippen LogP contribution in [0.5, 0.6) is 5.75 Å². The normalized spacial score (nSPS) is 15.4. The van der Waals surface area contributed by atoms with Gasteiger partial charge in [0.2, 0.25) is 11.8 Å². The zero-order valence-corrected chi connectivity index (χ0v) is 12.2. The SMILES string of the molecule is C=CC(=O)N1CCC(Oc2cccc(NC(C)=O)c2)CC1. The second-order valence-electron chi connectivity index (χ2n) is 5.06. The Kier molecular flexibility index (Phi) is 4.98. The van der Waals surface area contributed by atoms with Gasteiger partial charge in [0.15, 0.2) is 0 Å². The topological polar surface area (TPSA) is 58.6 Å². The van der Waals surface area contributed by atoms with E-state index in [2.05, 4.69) is 11.9 Å². The van der Waals surface area contributed by atoms with Crippen LogP contribution in [0.2, 0.25) is 0 Å². The van der Waals surface area contributed by atoms with Crippen molar-refractivity contribution in [2.75, 3.05) is 18.4 Å². The number of ether oxygens (including phenoxy) is 1. The van der Waals surface area contributed by atoms with Crippen LogP contribution < -0.4 is 10.1 Å². The molecule has 1 heterocycles. The van der Waals surface area contributed by atoms with Crippen molar-refractivity contribution in [2.45, 2.75) is 25.9 Å². The van der Waals surface area contributed by atoms with Crippen molar-refractivity contribution < 1.29 is 14.3 Å². The van der Waals surface area contributed by atoms with Crippen LogP contribution in [0.1, 0.15) is 19.8 Å². The smallest absolute Gasteiger partial charge is 0.245 e. The standard InChI is InChI=1S/C16H20N2O3/c1-3-16(20)18-9-7-14(8-10-18)21-15-6-4-5-13(11-15)17-12(2)19/h3-6,11,14H,1,7-10H2,2H3,(H,17,19). The molecule has 0 bridgehead atoms. The van der Waals surface area contributed by atoms with Crippen LogP contribution in [0.15, 0.2) is 36.9 Å². The van der Waals surface area contributed by atoms with Crippen molar-refractivity contribution in [1.82, 2.24) is 4.90 Å². The second kappa shape index (κ2) is 6.92. The molecule has 0 aromatic heterocycles. The van der Waals surface area contributed by atoms with Gasteiger partial charge < -0.3 is 15.0 Å². The molecule has 1 aliphatic heterocycles. The van der Waals surface area contributed by atoms with Gasteiger partial charge in [0.25, 0.3) is 0 Å². The molecule has 5 nitrogen and oxygen atoms in total. The minimum Gasteiger partial charge on any atom is -0.490 e. The van der Waals surface area contributed by atoms with E-state index in [0.717, 1.165) is 24.3 Å². The molecular weight excluding hydrogens is 268 g/mol. The lowest BCUT2D eigenvalue weighted by atomic mass is 10.1. The summed E-state index contributed by atoms with van der Waals surface area (Å²) in [7, 11) is 0. The summed E-state index contributed by atoms with van der Waals surface area (Å²) in [6.45, 7) is 6.33. The van der Waals surface area contributed by atoms with E-state index >= 15 is 0 Å². The van der Waals surface area contributed by atoms with Crippen LogP contribution in [0.25, 0.3) is 0 Å². The summed E-state index contributed by atoms with van der Waals surface area (Å²) in [6, 6.07) is 7.34. The van der Waals surface area contributed by atoms with Crippen LogP contribution in [-0.2, 0) is 9.59 Å². The van der Waals surface area contributed by atoms with Crippen molar-refractivity contribution in [3.8, 4) is 5.75 Å². The number of benzene rings is 1. The molecule has 2 rings (SSSR count). The molecule has 1 N–H and O–H groups in total. The second-order valence-corrected chi connectivity index (χ2v) is 5.06. The van der Waals surface area contributed by atoms with Crippen molar-refractivity contribution >= 4 is 17.5 Å². The van der Waals surface area contributed by atoms with Gasteiger partial charge in [-0.15, -0.1) is 0 Å². The van der Waals surface area contributed by atoms with Gasteiger partial charge in [-0.05, 0) is 18.2 Å². The van der Waals surface area contributed by atoms with Crippen LogP contribution in [-0.4, -0.2) is 35.9 Å². The predicted molar refractivity (Wildman–Crippen MR) is 81.2 cm³/mol. The van der Waals surface area contributed by atoms with Gasteiger partial charge in [-0.1, -0.05) is 12.6 Å². The lowest BCUT2D eigenvalue weighted by Gasteiger charge is -2.31. The molecular formula is C16H20N2O3. The highest BCUT2D eigenvalue weighted by molar-refractivity contribution is 5.88. The number of carbonyl (C=O) groups excluding carboxylic acids is 2. The number of nitrogens with zero attached hydrogens (tertiary/aromatic N) is 1. The molecule has 1 aromatic rings. The summed E-state index contributed by atoms with van der Waals surface area (Å²) in [5.74, 6) is 0.597. The van der Waals surface area contributed by atoms with E-state index in [1.165, 1.54) is 13.0 Å². The number of hydrogen-bond acceptors (Lipinski definition) is 3. The Balaban J connectivity index is 1.90. The maximum atomic E-state index is 11.5. The molecule has 0 unspecified atom stereocenters. The number of hydrogen-bond donors (Lipinski definition) is 1. The molecule has 0 spiro atoms. The van der Waals surface area contributed by atoms with Crippen molar-refractivity contribution in [3.05, 3.63) is 36.9 Å². The molecule has 1 aromatic carbocycles. The Labute approximate surface area is 124 Å². The largest absolute Gasteiger partial charge is 0.490 e. The fraction of sp³-hybridized carbons (Fsp3) is 0.375. The van der Waals surface area contributed by atoms with Gasteiger partial charge >= 0.3 is 0 Å². The number of anilines is 1. The average Bonchev–Trinajstić information content (AvgIpc) is 2.47. The summed E-state index contributed by atoms with van der Waals surface area (Å²) in [5.41, 5.74) is 0.722. The first-order valence-electron chi connectivity index (χ1n) is 7.04. The van der Waals surface area contributed by atoms with E-state index in [1.807, 2.05) is 24.3 Å². The van der Waals surface area contributed by atoms with E-state index in [0.29, 0.717) is 13.1 Å². The van der Waals surface area contributed by atoms with Gasteiger partial charge in [-0.2, -0.15) is 0 Å². The van der Waals surface area contributed by atoms with Gasteiger partial charge in [-0.25, -0.2) is 0 Å². The quantitative estimate of drug-likeness (QED) is 0.864. The predicted octanol–water partition coefficient (Wildman–Crippen LogP) is 2.20. The third-order valence-corrected chi connectivity index (χ3v) is 3.39. The first-order chi connectivity index (χ1) is 10.1.